The van der Waals surface area contributed by atoms with E-state index in [-0.39, 0.29) is 6.04 Å². The number of hydrogen-bond donors (Lipinski definition) is 0. The second kappa shape index (κ2) is 6.76. The Balaban J connectivity index is 2.26. The zero-order valence-electron chi connectivity index (χ0n) is 11.7. The first kappa shape index (κ1) is 14.9. The lowest BCUT2D eigenvalue weighted by Crippen LogP contribution is -2.39. The molecule has 1 unspecified atom stereocenters. The second-order valence-electron chi connectivity index (χ2n) is 5.26. The number of carbonyl (C=O) groups excluding carboxylic acids is 1. The van der Waals surface area contributed by atoms with E-state index in [0.717, 1.165) is 31.5 Å². The van der Waals surface area contributed by atoms with Gasteiger partial charge in [0.15, 0.2) is 0 Å². The molecule has 4 heteroatoms. The third-order valence-electron chi connectivity index (χ3n) is 3.77. The van der Waals surface area contributed by atoms with Gasteiger partial charge in [0, 0.05) is 31.1 Å². The van der Waals surface area contributed by atoms with E-state index in [1.807, 2.05) is 12.1 Å². The molecule has 0 amide bonds. The molecule has 1 fully saturated rings. The zero-order chi connectivity index (χ0) is 14.5. The molecule has 0 aromatic heterocycles. The number of carbonyl (C=O) groups is 1. The molecule has 2 rings (SSSR count). The van der Waals surface area contributed by atoms with Crippen LogP contribution in [-0.4, -0.2) is 18.4 Å². The van der Waals surface area contributed by atoms with Crippen LogP contribution in [0.3, 0.4) is 0 Å². The highest BCUT2D eigenvalue weighted by atomic mass is 35.5. The van der Waals surface area contributed by atoms with Gasteiger partial charge in [-0.25, -0.2) is 0 Å². The first-order valence-electron chi connectivity index (χ1n) is 7.13. The molecule has 1 atom stereocenters. The lowest BCUT2D eigenvalue weighted by atomic mass is 9.92. The summed E-state index contributed by atoms with van der Waals surface area (Å²) in [5.41, 5.74) is 1.50. The Labute approximate surface area is 125 Å². The zero-order valence-corrected chi connectivity index (χ0v) is 12.5. The number of rotatable bonds is 4. The van der Waals surface area contributed by atoms with Crippen molar-refractivity contribution in [1.82, 2.24) is 0 Å². The van der Waals surface area contributed by atoms with Crippen LogP contribution < -0.4 is 4.90 Å². The van der Waals surface area contributed by atoms with Crippen LogP contribution in [0.15, 0.2) is 18.2 Å². The molecule has 0 heterocycles. The fourth-order valence-electron chi connectivity index (χ4n) is 2.80. The molecular formula is C16H19ClN2O. The fourth-order valence-corrected chi connectivity index (χ4v) is 3.02. The number of halogens is 1. The lowest BCUT2D eigenvalue weighted by Gasteiger charge is -2.35. The molecule has 1 saturated carbocycles. The minimum absolute atomic E-state index is 0.264. The third-order valence-corrected chi connectivity index (χ3v) is 4.08. The molecule has 0 N–H and O–H groups in total. The van der Waals surface area contributed by atoms with Gasteiger partial charge < -0.3 is 4.90 Å². The van der Waals surface area contributed by atoms with Crippen LogP contribution in [-0.2, 0) is 4.79 Å². The normalized spacial score (nSPS) is 18.6. The van der Waals surface area contributed by atoms with Crippen molar-refractivity contribution in [2.75, 3.05) is 11.4 Å². The Hall–Kier alpha value is -1.53. The number of Topliss-reactive ketones (excluding diaryl/α,β-unsaturated/α-hetero) is 1. The van der Waals surface area contributed by atoms with Crippen molar-refractivity contribution in [3.8, 4) is 6.07 Å². The van der Waals surface area contributed by atoms with Crippen LogP contribution in [0.2, 0.25) is 5.02 Å². The molecule has 20 heavy (non-hydrogen) atoms. The highest BCUT2D eigenvalue weighted by molar-refractivity contribution is 6.32. The lowest BCUT2D eigenvalue weighted by molar-refractivity contribution is -0.120. The van der Waals surface area contributed by atoms with Crippen LogP contribution in [0.1, 0.15) is 44.6 Å². The Morgan fingerprint density at radius 3 is 2.90 bits per heavy atom. The van der Waals surface area contributed by atoms with Gasteiger partial charge >= 0.3 is 0 Å². The van der Waals surface area contributed by atoms with Gasteiger partial charge in [0.05, 0.1) is 10.6 Å². The predicted octanol–water partition coefficient (Wildman–Crippen LogP) is 3.94. The second-order valence-corrected chi connectivity index (χ2v) is 5.67. The van der Waals surface area contributed by atoms with Crippen LogP contribution in [0.5, 0.6) is 0 Å². The number of ketones is 1. The first-order chi connectivity index (χ1) is 9.65. The topological polar surface area (TPSA) is 44.1 Å². The van der Waals surface area contributed by atoms with E-state index in [2.05, 4.69) is 17.9 Å². The fraction of sp³-hybridized carbons (Fsp3) is 0.500. The van der Waals surface area contributed by atoms with Crippen molar-refractivity contribution >= 4 is 23.1 Å². The Morgan fingerprint density at radius 2 is 2.30 bits per heavy atom. The summed E-state index contributed by atoms with van der Waals surface area (Å²) in [6, 6.07) is 7.87. The van der Waals surface area contributed by atoms with E-state index >= 15 is 0 Å². The van der Waals surface area contributed by atoms with E-state index in [4.69, 9.17) is 16.9 Å². The van der Waals surface area contributed by atoms with Crippen LogP contribution >= 0.6 is 11.6 Å². The summed E-state index contributed by atoms with van der Waals surface area (Å²) in [5, 5.41) is 9.42. The van der Waals surface area contributed by atoms with Gasteiger partial charge in [-0.3, -0.25) is 4.79 Å². The number of benzene rings is 1. The summed E-state index contributed by atoms with van der Waals surface area (Å²) in [6.45, 7) is 3.03. The van der Waals surface area contributed by atoms with Gasteiger partial charge in [0.1, 0.15) is 11.9 Å². The van der Waals surface area contributed by atoms with Gasteiger partial charge in [-0.05, 0) is 37.5 Å². The summed E-state index contributed by atoms with van der Waals surface area (Å²) in [6.07, 6.45) is 4.36. The van der Waals surface area contributed by atoms with Crippen molar-refractivity contribution in [3.63, 3.8) is 0 Å². The minimum atomic E-state index is 0.264. The third kappa shape index (κ3) is 3.32. The molecule has 1 aliphatic rings. The summed E-state index contributed by atoms with van der Waals surface area (Å²) in [4.78, 5) is 14.0. The molecule has 0 saturated heterocycles. The molecule has 1 aromatic rings. The maximum Gasteiger partial charge on any atom is 0.134 e. The number of hydrogen-bond acceptors (Lipinski definition) is 3. The Morgan fingerprint density at radius 1 is 1.50 bits per heavy atom. The Kier molecular flexibility index (Phi) is 5.03. The summed E-state index contributed by atoms with van der Waals surface area (Å²) >= 11 is 6.13. The molecule has 0 spiro atoms. The van der Waals surface area contributed by atoms with E-state index in [1.165, 1.54) is 0 Å². The van der Waals surface area contributed by atoms with Crippen molar-refractivity contribution < 1.29 is 4.79 Å². The monoisotopic (exact) mass is 290 g/mol. The smallest absolute Gasteiger partial charge is 0.134 e. The predicted molar refractivity (Wildman–Crippen MR) is 81.1 cm³/mol. The maximum absolute atomic E-state index is 11.7. The standard InChI is InChI=1S/C16H19ClN2O/c1-2-8-19(13-4-3-5-15(20)9-13)14-7-6-12(11-18)16(17)10-14/h6-7,10,13H,2-5,8-9H2,1H3. The molecule has 3 nitrogen and oxygen atoms in total. The van der Waals surface area contributed by atoms with Gasteiger partial charge in [0.2, 0.25) is 0 Å². The van der Waals surface area contributed by atoms with E-state index < -0.39 is 0 Å². The van der Waals surface area contributed by atoms with Gasteiger partial charge in [-0.1, -0.05) is 18.5 Å². The highest BCUT2D eigenvalue weighted by Crippen LogP contribution is 2.29. The molecule has 106 valence electrons. The number of nitrogens with zero attached hydrogens (tertiary/aromatic N) is 2. The average molecular weight is 291 g/mol. The quantitative estimate of drug-likeness (QED) is 0.843. The molecule has 0 aliphatic heterocycles. The van der Waals surface area contributed by atoms with Gasteiger partial charge in [-0.15, -0.1) is 0 Å². The molecular weight excluding hydrogens is 272 g/mol. The molecule has 0 bridgehead atoms. The SMILES string of the molecule is CCCN(c1ccc(C#N)c(Cl)c1)C1CCCC(=O)C1. The minimum Gasteiger partial charge on any atom is -0.368 e. The first-order valence-corrected chi connectivity index (χ1v) is 7.51. The van der Waals surface area contributed by atoms with E-state index in [0.29, 0.717) is 29.2 Å². The molecule has 1 aliphatic carbocycles. The molecule has 1 aromatic carbocycles. The van der Waals surface area contributed by atoms with Crippen molar-refractivity contribution in [1.29, 1.82) is 5.26 Å². The van der Waals surface area contributed by atoms with Crippen LogP contribution in [0.25, 0.3) is 0 Å². The maximum atomic E-state index is 11.7. The molecule has 0 radical (unpaired) electrons. The van der Waals surface area contributed by atoms with Crippen molar-refractivity contribution in [2.24, 2.45) is 0 Å². The van der Waals surface area contributed by atoms with Crippen LogP contribution in [0.4, 0.5) is 5.69 Å². The van der Waals surface area contributed by atoms with E-state index in [1.54, 1.807) is 6.07 Å². The number of nitriles is 1. The summed E-state index contributed by atoms with van der Waals surface area (Å²) < 4.78 is 0. The van der Waals surface area contributed by atoms with E-state index in [9.17, 15) is 4.79 Å². The average Bonchev–Trinajstić information content (AvgIpc) is 2.44. The Bertz CT molecular complexity index is 536. The van der Waals surface area contributed by atoms with Crippen LogP contribution in [0, 0.1) is 11.3 Å². The van der Waals surface area contributed by atoms with Gasteiger partial charge in [0.25, 0.3) is 0 Å². The number of anilines is 1. The highest BCUT2D eigenvalue weighted by Gasteiger charge is 2.25. The van der Waals surface area contributed by atoms with Crippen molar-refractivity contribution in [2.45, 2.75) is 45.1 Å². The van der Waals surface area contributed by atoms with Gasteiger partial charge in [-0.2, -0.15) is 5.26 Å². The largest absolute Gasteiger partial charge is 0.368 e. The summed E-state index contributed by atoms with van der Waals surface area (Å²) in [7, 11) is 0. The van der Waals surface area contributed by atoms with Crippen molar-refractivity contribution in [3.05, 3.63) is 28.8 Å². The summed E-state index contributed by atoms with van der Waals surface area (Å²) in [5.74, 6) is 0.349.